The van der Waals surface area contributed by atoms with Crippen LogP contribution in [0.3, 0.4) is 0 Å². The molecule has 6 heteroatoms. The van der Waals surface area contributed by atoms with Crippen LogP contribution in [0.1, 0.15) is 0 Å². The number of hydrogen-bond donors (Lipinski definition) is 0. The van der Waals surface area contributed by atoms with Crippen molar-refractivity contribution in [1.82, 2.24) is 19.5 Å². The van der Waals surface area contributed by atoms with E-state index in [0.29, 0.717) is 11.3 Å². The van der Waals surface area contributed by atoms with E-state index in [4.69, 9.17) is 11.6 Å². The average Bonchev–Trinajstić information content (AvgIpc) is 2.27. The minimum Gasteiger partial charge on any atom is -0.286 e. The summed E-state index contributed by atoms with van der Waals surface area (Å²) in [7, 11) is 1.56. The van der Waals surface area contributed by atoms with Crippen LogP contribution in [0, 0.1) is 0 Å². The lowest BCUT2D eigenvalue weighted by Crippen LogP contribution is -2.20. The molecule has 0 aliphatic heterocycles. The molecule has 0 unspecified atom stereocenters. The molecule has 0 atom stereocenters. The van der Waals surface area contributed by atoms with Crippen LogP contribution in [-0.2, 0) is 7.05 Å². The Morgan fingerprint density at radius 1 is 1.40 bits per heavy atom. The third-order valence-electron chi connectivity index (χ3n) is 1.97. The minimum atomic E-state index is -0.228. The molecule has 0 N–H and O–H groups in total. The van der Waals surface area contributed by atoms with Gasteiger partial charge in [0.1, 0.15) is 6.33 Å². The summed E-state index contributed by atoms with van der Waals surface area (Å²) >= 11 is 5.69. The van der Waals surface area contributed by atoms with E-state index in [9.17, 15) is 4.79 Å². The van der Waals surface area contributed by atoms with Crippen molar-refractivity contribution in [2.75, 3.05) is 0 Å². The van der Waals surface area contributed by atoms with Crippen molar-refractivity contribution in [2.45, 2.75) is 0 Å². The Hall–Kier alpha value is -1.75. The normalized spacial score (nSPS) is 10.3. The summed E-state index contributed by atoms with van der Waals surface area (Å²) in [6, 6.07) is 1.65. The van der Waals surface area contributed by atoms with Crippen molar-refractivity contribution in [3.63, 3.8) is 0 Å². The molecule has 2 aromatic heterocycles. The summed E-state index contributed by atoms with van der Waals surface area (Å²) in [6.45, 7) is 0. The summed E-state index contributed by atoms with van der Waals surface area (Å²) in [6.07, 6.45) is 4.35. The van der Waals surface area contributed by atoms with Gasteiger partial charge >= 0.3 is 0 Å². The summed E-state index contributed by atoms with van der Waals surface area (Å²) in [4.78, 5) is 23.4. The van der Waals surface area contributed by atoms with E-state index in [-0.39, 0.29) is 10.8 Å². The second-order valence-corrected chi connectivity index (χ2v) is 3.24. The predicted octanol–water partition coefficient (Wildman–Crippen LogP) is 0.891. The van der Waals surface area contributed by atoms with Crippen molar-refractivity contribution in [1.29, 1.82) is 0 Å². The van der Waals surface area contributed by atoms with E-state index in [2.05, 4.69) is 15.0 Å². The summed E-state index contributed by atoms with van der Waals surface area (Å²) in [5.41, 5.74) is 0.716. The van der Waals surface area contributed by atoms with Gasteiger partial charge in [-0.05, 0) is 17.7 Å². The van der Waals surface area contributed by atoms with E-state index in [0.717, 1.165) is 0 Å². The van der Waals surface area contributed by atoms with Crippen LogP contribution >= 0.6 is 11.6 Å². The fourth-order valence-corrected chi connectivity index (χ4v) is 1.28. The van der Waals surface area contributed by atoms with Gasteiger partial charge in [-0.3, -0.25) is 9.36 Å². The van der Waals surface area contributed by atoms with Crippen molar-refractivity contribution in [2.24, 2.45) is 7.05 Å². The average molecular weight is 223 g/mol. The van der Waals surface area contributed by atoms with Crippen LogP contribution in [0.2, 0.25) is 5.28 Å². The van der Waals surface area contributed by atoms with Gasteiger partial charge in [0.25, 0.3) is 5.56 Å². The lowest BCUT2D eigenvalue weighted by molar-refractivity contribution is 0.827. The summed E-state index contributed by atoms with van der Waals surface area (Å²) < 4.78 is 1.26. The first kappa shape index (κ1) is 9.79. The molecule has 15 heavy (non-hydrogen) atoms. The molecule has 0 amide bonds. The van der Waals surface area contributed by atoms with Gasteiger partial charge in [-0.2, -0.15) is 0 Å². The van der Waals surface area contributed by atoms with Gasteiger partial charge in [0, 0.05) is 19.4 Å². The number of aromatic nitrogens is 4. The van der Waals surface area contributed by atoms with Crippen molar-refractivity contribution < 1.29 is 0 Å². The van der Waals surface area contributed by atoms with Crippen LogP contribution in [0.4, 0.5) is 0 Å². The number of nitrogens with zero attached hydrogens (tertiary/aromatic N) is 4. The first-order valence-electron chi connectivity index (χ1n) is 4.18. The summed E-state index contributed by atoms with van der Waals surface area (Å²) in [5, 5.41) is 0.151. The van der Waals surface area contributed by atoms with E-state index < -0.39 is 0 Å². The number of hydrogen-bond acceptors (Lipinski definition) is 4. The molecule has 0 aromatic carbocycles. The van der Waals surface area contributed by atoms with Gasteiger partial charge < -0.3 is 0 Å². The van der Waals surface area contributed by atoms with Crippen LogP contribution in [0.5, 0.6) is 0 Å². The molecule has 5 nitrogen and oxygen atoms in total. The quantitative estimate of drug-likeness (QED) is 0.673. The second-order valence-electron chi connectivity index (χ2n) is 2.90. The largest absolute Gasteiger partial charge is 0.286 e. The molecule has 0 bridgehead atoms. The fourth-order valence-electron chi connectivity index (χ4n) is 1.15. The highest BCUT2D eigenvalue weighted by Crippen LogP contribution is 2.10. The molecule has 2 rings (SSSR count). The topological polar surface area (TPSA) is 60.7 Å². The molecule has 2 aromatic rings. The molecule has 0 saturated heterocycles. The van der Waals surface area contributed by atoms with Crippen LogP contribution in [0.15, 0.2) is 29.6 Å². The number of rotatable bonds is 1. The molecule has 0 aliphatic carbocycles. The lowest BCUT2D eigenvalue weighted by Gasteiger charge is -2.03. The van der Waals surface area contributed by atoms with Gasteiger partial charge in [0.05, 0.1) is 11.3 Å². The highest BCUT2D eigenvalue weighted by molar-refractivity contribution is 6.28. The number of halogens is 1. The predicted molar refractivity (Wildman–Crippen MR) is 55.5 cm³/mol. The van der Waals surface area contributed by atoms with Gasteiger partial charge in [-0.1, -0.05) is 0 Å². The van der Waals surface area contributed by atoms with Gasteiger partial charge in [-0.25, -0.2) is 15.0 Å². The molecule has 0 fully saturated rings. The maximum Gasteiger partial charge on any atom is 0.263 e. The third kappa shape index (κ3) is 1.73. The van der Waals surface area contributed by atoms with E-state index in [1.807, 2.05) is 0 Å². The molecule has 0 spiro atoms. The molecule has 2 heterocycles. The molecular formula is C9H7ClN4O. The monoisotopic (exact) mass is 222 g/mol. The Kier molecular flexibility index (Phi) is 2.47. The highest BCUT2D eigenvalue weighted by atomic mass is 35.5. The zero-order chi connectivity index (χ0) is 10.8. The van der Waals surface area contributed by atoms with Gasteiger partial charge in [0.15, 0.2) is 0 Å². The zero-order valence-corrected chi connectivity index (χ0v) is 8.64. The lowest BCUT2D eigenvalue weighted by atomic mass is 10.2. The second kappa shape index (κ2) is 3.78. The molecule has 0 radical (unpaired) electrons. The maximum atomic E-state index is 11.8. The van der Waals surface area contributed by atoms with Crippen molar-refractivity contribution in [3.05, 3.63) is 40.4 Å². The van der Waals surface area contributed by atoms with E-state index in [1.54, 1.807) is 19.3 Å². The zero-order valence-electron chi connectivity index (χ0n) is 7.88. The highest BCUT2D eigenvalue weighted by Gasteiger charge is 2.08. The molecule has 0 aliphatic rings. The standard InChI is InChI=1S/C9H7ClN4O/c1-14-8(15)6(4-12-9(14)10)7-2-3-11-5-13-7/h2-5H,1H3. The molecular weight excluding hydrogens is 216 g/mol. The Bertz CT molecular complexity index is 538. The molecule has 0 saturated carbocycles. The van der Waals surface area contributed by atoms with Gasteiger partial charge in [-0.15, -0.1) is 0 Å². The van der Waals surface area contributed by atoms with Gasteiger partial charge in [0.2, 0.25) is 5.28 Å². The van der Waals surface area contributed by atoms with Crippen molar-refractivity contribution >= 4 is 11.6 Å². The third-order valence-corrected chi connectivity index (χ3v) is 2.32. The van der Waals surface area contributed by atoms with Crippen LogP contribution in [0.25, 0.3) is 11.3 Å². The SMILES string of the molecule is Cn1c(Cl)ncc(-c2ccncn2)c1=O. The van der Waals surface area contributed by atoms with Crippen LogP contribution < -0.4 is 5.56 Å². The summed E-state index contributed by atoms with van der Waals surface area (Å²) in [5.74, 6) is 0. The van der Waals surface area contributed by atoms with E-state index in [1.165, 1.54) is 17.1 Å². The Balaban J connectivity index is 2.66. The minimum absolute atomic E-state index is 0.151. The first-order valence-corrected chi connectivity index (χ1v) is 4.56. The Morgan fingerprint density at radius 2 is 2.20 bits per heavy atom. The van der Waals surface area contributed by atoms with Crippen molar-refractivity contribution in [3.8, 4) is 11.3 Å². The maximum absolute atomic E-state index is 11.8. The Morgan fingerprint density at radius 3 is 2.87 bits per heavy atom. The Labute approximate surface area is 90.4 Å². The van der Waals surface area contributed by atoms with E-state index >= 15 is 0 Å². The van der Waals surface area contributed by atoms with Crippen LogP contribution in [-0.4, -0.2) is 19.5 Å². The fraction of sp³-hybridized carbons (Fsp3) is 0.111. The first-order chi connectivity index (χ1) is 7.20. The smallest absolute Gasteiger partial charge is 0.263 e. The molecule has 76 valence electrons.